The van der Waals surface area contributed by atoms with Crippen LogP contribution in [-0.4, -0.2) is 39.6 Å². The van der Waals surface area contributed by atoms with Crippen LogP contribution in [-0.2, 0) is 4.79 Å². The highest BCUT2D eigenvalue weighted by Crippen LogP contribution is 2.31. The number of aromatic amines is 1. The van der Waals surface area contributed by atoms with Gasteiger partial charge in [-0.25, -0.2) is 0 Å². The summed E-state index contributed by atoms with van der Waals surface area (Å²) in [4.78, 5) is 12.6. The number of rotatable bonds is 4. The number of H-pyrrole nitrogens is 1. The van der Waals surface area contributed by atoms with Gasteiger partial charge in [0.1, 0.15) is 0 Å². The first-order valence-corrected chi connectivity index (χ1v) is 7.09. The number of aromatic nitrogens is 4. The summed E-state index contributed by atoms with van der Waals surface area (Å²) in [6, 6.07) is 7.47. The van der Waals surface area contributed by atoms with E-state index in [1.807, 2.05) is 24.3 Å². The molecule has 1 atom stereocenters. The Morgan fingerprint density at radius 2 is 2.38 bits per heavy atom. The first-order valence-electron chi connectivity index (χ1n) is 7.09. The molecule has 21 heavy (non-hydrogen) atoms. The molecule has 0 radical (unpaired) electrons. The third-order valence-corrected chi connectivity index (χ3v) is 4.13. The Labute approximate surface area is 122 Å². The molecule has 0 spiro atoms. The Hall–Kier alpha value is -2.28. The molecule has 1 aliphatic heterocycles. The molecular weight excluding hydrogens is 268 g/mol. The minimum atomic E-state index is -0.303. The largest absolute Gasteiger partial charge is 0.326 e. The molecule has 1 aliphatic rings. The zero-order chi connectivity index (χ0) is 14.7. The van der Waals surface area contributed by atoms with Gasteiger partial charge >= 0.3 is 0 Å². The molecule has 2 heterocycles. The molecule has 3 N–H and O–H groups in total. The van der Waals surface area contributed by atoms with Crippen molar-refractivity contribution in [3.8, 4) is 11.4 Å². The second-order valence-corrected chi connectivity index (χ2v) is 5.33. The maximum absolute atomic E-state index is 12.6. The number of nitrogens with one attached hydrogen (secondary N) is 3. The van der Waals surface area contributed by atoms with E-state index in [1.165, 1.54) is 0 Å². The molecule has 3 rings (SSSR count). The molecule has 1 fully saturated rings. The summed E-state index contributed by atoms with van der Waals surface area (Å²) in [5.74, 6) is 0.582. The van der Waals surface area contributed by atoms with Crippen LogP contribution < -0.4 is 10.6 Å². The third kappa shape index (κ3) is 2.64. The SMILES string of the molecule is CCC1(C(=O)Nc2cccc(-c3nn[nH]n3)c2)CCNC1. The van der Waals surface area contributed by atoms with Crippen LogP contribution in [0.1, 0.15) is 19.8 Å². The number of carbonyl (C=O) groups excluding carboxylic acids is 1. The summed E-state index contributed by atoms with van der Waals surface area (Å²) in [6.07, 6.45) is 1.70. The standard InChI is InChI=1S/C14H18N6O/c1-2-14(6-7-15-9-14)13(21)16-11-5-3-4-10(8-11)12-17-19-20-18-12/h3-5,8,15H,2,6-7,9H2,1H3,(H,16,21)(H,17,18,19,20). The minimum Gasteiger partial charge on any atom is -0.326 e. The first-order chi connectivity index (χ1) is 10.2. The summed E-state index contributed by atoms with van der Waals surface area (Å²) in [5.41, 5.74) is 1.26. The fourth-order valence-corrected chi connectivity index (χ4v) is 2.68. The van der Waals surface area contributed by atoms with Crippen molar-refractivity contribution in [3.05, 3.63) is 24.3 Å². The molecule has 7 heteroatoms. The highest BCUT2D eigenvalue weighted by atomic mass is 16.2. The van der Waals surface area contributed by atoms with Crippen LogP contribution in [0.5, 0.6) is 0 Å². The van der Waals surface area contributed by atoms with E-state index in [9.17, 15) is 4.79 Å². The minimum absolute atomic E-state index is 0.0697. The van der Waals surface area contributed by atoms with Crippen LogP contribution in [0.2, 0.25) is 0 Å². The Morgan fingerprint density at radius 3 is 3.05 bits per heavy atom. The van der Waals surface area contributed by atoms with Crippen LogP contribution in [0.15, 0.2) is 24.3 Å². The van der Waals surface area contributed by atoms with Gasteiger partial charge in [-0.3, -0.25) is 4.79 Å². The van der Waals surface area contributed by atoms with Crippen LogP contribution in [0.3, 0.4) is 0 Å². The summed E-state index contributed by atoms with van der Waals surface area (Å²) in [6.45, 7) is 3.69. The molecule has 0 bridgehead atoms. The van der Waals surface area contributed by atoms with Gasteiger partial charge in [-0.15, -0.1) is 10.2 Å². The van der Waals surface area contributed by atoms with Crippen LogP contribution >= 0.6 is 0 Å². The maximum atomic E-state index is 12.6. The number of nitrogens with zero attached hydrogens (tertiary/aromatic N) is 3. The van der Waals surface area contributed by atoms with Gasteiger partial charge < -0.3 is 10.6 Å². The lowest BCUT2D eigenvalue weighted by atomic mass is 9.83. The summed E-state index contributed by atoms with van der Waals surface area (Å²) in [5, 5.41) is 20.1. The van der Waals surface area contributed by atoms with Crippen molar-refractivity contribution in [1.82, 2.24) is 25.9 Å². The van der Waals surface area contributed by atoms with Crippen LogP contribution in [0.25, 0.3) is 11.4 Å². The van der Waals surface area contributed by atoms with Crippen LogP contribution in [0, 0.1) is 5.41 Å². The van der Waals surface area contributed by atoms with Crippen molar-refractivity contribution in [1.29, 1.82) is 0 Å². The smallest absolute Gasteiger partial charge is 0.231 e. The van der Waals surface area contributed by atoms with E-state index in [1.54, 1.807) is 0 Å². The summed E-state index contributed by atoms with van der Waals surface area (Å²) in [7, 11) is 0. The Balaban J connectivity index is 1.79. The molecule has 2 aromatic rings. The lowest BCUT2D eigenvalue weighted by Gasteiger charge is -2.25. The van der Waals surface area contributed by atoms with E-state index in [0.29, 0.717) is 5.82 Å². The molecule has 1 aromatic heterocycles. The second-order valence-electron chi connectivity index (χ2n) is 5.33. The molecule has 110 valence electrons. The van der Waals surface area contributed by atoms with Crippen molar-refractivity contribution in [2.45, 2.75) is 19.8 Å². The van der Waals surface area contributed by atoms with Gasteiger partial charge in [0.15, 0.2) is 0 Å². The van der Waals surface area contributed by atoms with E-state index < -0.39 is 0 Å². The van der Waals surface area contributed by atoms with Gasteiger partial charge in [-0.2, -0.15) is 5.21 Å². The first kappa shape index (κ1) is 13.7. The molecular formula is C14H18N6O. The fourth-order valence-electron chi connectivity index (χ4n) is 2.68. The fraction of sp³-hybridized carbons (Fsp3) is 0.429. The van der Waals surface area contributed by atoms with E-state index in [2.05, 4.69) is 38.2 Å². The zero-order valence-electron chi connectivity index (χ0n) is 11.9. The number of hydrogen-bond acceptors (Lipinski definition) is 5. The van der Waals surface area contributed by atoms with Crippen molar-refractivity contribution in [2.75, 3.05) is 18.4 Å². The van der Waals surface area contributed by atoms with E-state index in [-0.39, 0.29) is 11.3 Å². The van der Waals surface area contributed by atoms with Gasteiger partial charge in [-0.05, 0) is 36.7 Å². The quantitative estimate of drug-likeness (QED) is 0.784. The highest BCUT2D eigenvalue weighted by molar-refractivity contribution is 5.96. The monoisotopic (exact) mass is 286 g/mol. The lowest BCUT2D eigenvalue weighted by Crippen LogP contribution is -2.37. The Kier molecular flexibility index (Phi) is 3.66. The Morgan fingerprint density at radius 1 is 1.48 bits per heavy atom. The van der Waals surface area contributed by atoms with Gasteiger partial charge in [-0.1, -0.05) is 19.1 Å². The van der Waals surface area contributed by atoms with Crippen molar-refractivity contribution < 1.29 is 4.79 Å². The number of hydrogen-bond donors (Lipinski definition) is 3. The van der Waals surface area contributed by atoms with Gasteiger partial charge in [0.25, 0.3) is 0 Å². The van der Waals surface area contributed by atoms with Crippen molar-refractivity contribution in [2.24, 2.45) is 5.41 Å². The molecule has 1 saturated heterocycles. The number of tetrazole rings is 1. The van der Waals surface area contributed by atoms with Gasteiger partial charge in [0.05, 0.1) is 5.41 Å². The Bertz CT molecular complexity index is 618. The summed E-state index contributed by atoms with van der Waals surface area (Å²) < 4.78 is 0. The van der Waals surface area contributed by atoms with E-state index in [0.717, 1.165) is 37.2 Å². The molecule has 1 aromatic carbocycles. The number of carbonyl (C=O) groups is 1. The number of amides is 1. The molecule has 7 nitrogen and oxygen atoms in total. The van der Waals surface area contributed by atoms with E-state index >= 15 is 0 Å². The third-order valence-electron chi connectivity index (χ3n) is 4.13. The second kappa shape index (κ2) is 5.61. The van der Waals surface area contributed by atoms with Crippen molar-refractivity contribution >= 4 is 11.6 Å². The lowest BCUT2D eigenvalue weighted by molar-refractivity contribution is -0.124. The normalized spacial score (nSPS) is 21.4. The zero-order valence-corrected chi connectivity index (χ0v) is 11.9. The van der Waals surface area contributed by atoms with Gasteiger partial charge in [0, 0.05) is 17.8 Å². The average molecular weight is 286 g/mol. The van der Waals surface area contributed by atoms with Crippen molar-refractivity contribution in [3.63, 3.8) is 0 Å². The maximum Gasteiger partial charge on any atom is 0.231 e. The van der Waals surface area contributed by atoms with Gasteiger partial charge in [0.2, 0.25) is 11.7 Å². The molecule has 1 unspecified atom stereocenters. The topological polar surface area (TPSA) is 95.6 Å². The summed E-state index contributed by atoms with van der Waals surface area (Å²) >= 11 is 0. The highest BCUT2D eigenvalue weighted by Gasteiger charge is 2.39. The molecule has 0 saturated carbocycles. The molecule has 0 aliphatic carbocycles. The van der Waals surface area contributed by atoms with Crippen LogP contribution in [0.4, 0.5) is 5.69 Å². The number of benzene rings is 1. The number of anilines is 1. The predicted molar refractivity (Wildman–Crippen MR) is 78.5 cm³/mol. The predicted octanol–water partition coefficient (Wildman–Crippen LogP) is 1.19. The average Bonchev–Trinajstić information content (AvgIpc) is 3.20. The van der Waals surface area contributed by atoms with E-state index in [4.69, 9.17) is 0 Å². The molecule has 1 amide bonds.